The highest BCUT2D eigenvalue weighted by molar-refractivity contribution is 6.10. The molecule has 2 aliphatic heterocycles. The monoisotopic (exact) mass is 515 g/mol. The second kappa shape index (κ2) is 10.2. The maximum atomic E-state index is 13.7. The highest BCUT2D eigenvalue weighted by atomic mass is 16.2. The number of benzene rings is 4. The summed E-state index contributed by atoms with van der Waals surface area (Å²) in [7, 11) is 0. The van der Waals surface area contributed by atoms with Gasteiger partial charge in [-0.2, -0.15) is 0 Å². The number of hydrogen-bond acceptors (Lipinski definition) is 3. The molecule has 39 heavy (non-hydrogen) atoms. The fourth-order valence-electron chi connectivity index (χ4n) is 5.76. The first-order valence-corrected chi connectivity index (χ1v) is 13.3. The Kier molecular flexibility index (Phi) is 6.45. The van der Waals surface area contributed by atoms with E-state index in [1.165, 1.54) is 0 Å². The second-order valence-corrected chi connectivity index (χ2v) is 10.2. The molecule has 2 aliphatic rings. The topological polar surface area (TPSA) is 78.5 Å². The Bertz CT molecular complexity index is 1550. The molecule has 0 bridgehead atoms. The lowest BCUT2D eigenvalue weighted by Crippen LogP contribution is -2.36. The predicted molar refractivity (Wildman–Crippen MR) is 153 cm³/mol. The summed E-state index contributed by atoms with van der Waals surface area (Å²) in [5.74, 6) is -0.249. The van der Waals surface area contributed by atoms with Crippen molar-refractivity contribution in [2.75, 3.05) is 23.3 Å². The SMILES string of the molecule is O=C(Nc1ccc(C(=O)N2CCC3(CCNC3=O)Cc3ccccc32)cc1)c1ccccc1-c1ccccc1. The first-order valence-electron chi connectivity index (χ1n) is 13.3. The molecule has 1 saturated heterocycles. The van der Waals surface area contributed by atoms with Gasteiger partial charge < -0.3 is 15.5 Å². The Morgan fingerprint density at radius 2 is 1.51 bits per heavy atom. The van der Waals surface area contributed by atoms with Crippen LogP contribution in [0.15, 0.2) is 103 Å². The summed E-state index contributed by atoms with van der Waals surface area (Å²) in [5, 5.41) is 5.95. The molecule has 4 aromatic rings. The number of hydrogen-bond donors (Lipinski definition) is 2. The molecule has 3 amide bonds. The Hall–Kier alpha value is -4.71. The molecule has 2 heterocycles. The third-order valence-corrected chi connectivity index (χ3v) is 7.89. The average Bonchev–Trinajstić information content (AvgIpc) is 3.23. The number of carbonyl (C=O) groups excluding carboxylic acids is 3. The molecule has 6 heteroatoms. The van der Waals surface area contributed by atoms with Crippen molar-refractivity contribution in [2.24, 2.45) is 5.41 Å². The third kappa shape index (κ3) is 4.70. The van der Waals surface area contributed by atoms with Gasteiger partial charge in [0.2, 0.25) is 5.91 Å². The Morgan fingerprint density at radius 1 is 0.795 bits per heavy atom. The predicted octanol–water partition coefficient (Wildman–Crippen LogP) is 5.71. The number of para-hydroxylation sites is 1. The number of nitrogens with one attached hydrogen (secondary N) is 2. The van der Waals surface area contributed by atoms with Crippen LogP contribution in [0.25, 0.3) is 11.1 Å². The van der Waals surface area contributed by atoms with Crippen LogP contribution in [-0.4, -0.2) is 30.8 Å². The summed E-state index contributed by atoms with van der Waals surface area (Å²) in [6, 6.07) is 32.2. The zero-order chi connectivity index (χ0) is 26.8. The van der Waals surface area contributed by atoms with Crippen LogP contribution in [0.5, 0.6) is 0 Å². The number of rotatable bonds is 4. The number of fused-ring (bicyclic) bond motifs is 1. The molecule has 0 saturated carbocycles. The Morgan fingerprint density at radius 3 is 2.28 bits per heavy atom. The van der Waals surface area contributed by atoms with Crippen LogP contribution in [0.4, 0.5) is 11.4 Å². The summed E-state index contributed by atoms with van der Waals surface area (Å²) in [5.41, 5.74) is 4.95. The lowest BCUT2D eigenvalue weighted by atomic mass is 9.78. The fourth-order valence-corrected chi connectivity index (χ4v) is 5.76. The molecule has 2 N–H and O–H groups in total. The van der Waals surface area contributed by atoms with Crippen LogP contribution in [0, 0.1) is 5.41 Å². The Labute approximate surface area is 227 Å². The molecule has 6 nitrogen and oxygen atoms in total. The summed E-state index contributed by atoms with van der Waals surface area (Å²) in [6.45, 7) is 1.15. The van der Waals surface area contributed by atoms with Crippen molar-refractivity contribution in [1.82, 2.24) is 5.32 Å². The van der Waals surface area contributed by atoms with E-state index in [1.54, 1.807) is 29.2 Å². The molecule has 0 aromatic heterocycles. The maximum Gasteiger partial charge on any atom is 0.258 e. The fraction of sp³-hybridized carbons (Fsp3) is 0.182. The van der Waals surface area contributed by atoms with Crippen LogP contribution in [-0.2, 0) is 11.2 Å². The maximum absolute atomic E-state index is 13.7. The van der Waals surface area contributed by atoms with E-state index < -0.39 is 5.41 Å². The first kappa shape index (κ1) is 24.6. The summed E-state index contributed by atoms with van der Waals surface area (Å²) >= 11 is 0. The van der Waals surface area contributed by atoms with Gasteiger partial charge in [-0.15, -0.1) is 0 Å². The minimum atomic E-state index is -0.463. The lowest BCUT2D eigenvalue weighted by molar-refractivity contribution is -0.127. The van der Waals surface area contributed by atoms with Gasteiger partial charge in [-0.3, -0.25) is 14.4 Å². The smallest absolute Gasteiger partial charge is 0.258 e. The number of nitrogens with zero attached hydrogens (tertiary/aromatic N) is 1. The summed E-state index contributed by atoms with van der Waals surface area (Å²) in [6.07, 6.45) is 2.03. The van der Waals surface area contributed by atoms with Gasteiger partial charge in [0.15, 0.2) is 0 Å². The highest BCUT2D eigenvalue weighted by Crippen LogP contribution is 2.41. The first-order chi connectivity index (χ1) is 19.0. The Balaban J connectivity index is 1.21. The van der Waals surface area contributed by atoms with E-state index in [-0.39, 0.29) is 17.7 Å². The van der Waals surface area contributed by atoms with Crippen LogP contribution < -0.4 is 15.5 Å². The van der Waals surface area contributed by atoms with Gasteiger partial charge in [-0.05, 0) is 72.4 Å². The largest absolute Gasteiger partial charge is 0.356 e. The molecule has 0 radical (unpaired) electrons. The highest BCUT2D eigenvalue weighted by Gasteiger charge is 2.45. The van der Waals surface area contributed by atoms with Crippen molar-refractivity contribution in [3.63, 3.8) is 0 Å². The zero-order valence-electron chi connectivity index (χ0n) is 21.5. The van der Waals surface area contributed by atoms with E-state index in [0.717, 1.165) is 28.8 Å². The molecular formula is C33H29N3O3. The van der Waals surface area contributed by atoms with Crippen LogP contribution in [0.3, 0.4) is 0 Å². The van der Waals surface area contributed by atoms with Crippen LogP contribution >= 0.6 is 0 Å². The van der Waals surface area contributed by atoms with Gasteiger partial charge >= 0.3 is 0 Å². The van der Waals surface area contributed by atoms with E-state index in [0.29, 0.717) is 42.7 Å². The van der Waals surface area contributed by atoms with Crippen molar-refractivity contribution < 1.29 is 14.4 Å². The van der Waals surface area contributed by atoms with Crippen molar-refractivity contribution in [3.8, 4) is 11.1 Å². The molecule has 1 spiro atoms. The quantitative estimate of drug-likeness (QED) is 0.366. The van der Waals surface area contributed by atoms with Crippen molar-refractivity contribution in [2.45, 2.75) is 19.3 Å². The van der Waals surface area contributed by atoms with E-state index >= 15 is 0 Å². The van der Waals surface area contributed by atoms with E-state index in [4.69, 9.17) is 0 Å². The van der Waals surface area contributed by atoms with Gasteiger partial charge in [0.25, 0.3) is 11.8 Å². The molecule has 6 rings (SSSR count). The average molecular weight is 516 g/mol. The van der Waals surface area contributed by atoms with Crippen molar-refractivity contribution >= 4 is 29.1 Å². The van der Waals surface area contributed by atoms with Crippen LogP contribution in [0.2, 0.25) is 0 Å². The summed E-state index contributed by atoms with van der Waals surface area (Å²) < 4.78 is 0. The number of amides is 3. The van der Waals surface area contributed by atoms with Crippen molar-refractivity contribution in [3.05, 3.63) is 120 Å². The number of carbonyl (C=O) groups is 3. The van der Waals surface area contributed by atoms with E-state index in [9.17, 15) is 14.4 Å². The second-order valence-electron chi connectivity index (χ2n) is 10.2. The standard InChI is InChI=1S/C33H29N3O3/c37-30(28-12-6-5-11-27(28)23-8-2-1-3-9-23)35-26-16-14-24(15-17-26)31(38)36-21-19-33(18-20-34-32(33)39)22-25-10-4-7-13-29(25)36/h1-17H,18-22H2,(H,34,39)(H,35,37). The van der Waals surface area contributed by atoms with Gasteiger partial charge in [-0.1, -0.05) is 66.7 Å². The van der Waals surface area contributed by atoms with Gasteiger partial charge in [0, 0.05) is 35.6 Å². The lowest BCUT2D eigenvalue weighted by Gasteiger charge is -2.25. The normalized spacial score (nSPS) is 18.3. The van der Waals surface area contributed by atoms with Crippen molar-refractivity contribution in [1.29, 1.82) is 0 Å². The minimum Gasteiger partial charge on any atom is -0.356 e. The molecule has 1 fully saturated rings. The van der Waals surface area contributed by atoms with Gasteiger partial charge in [-0.25, -0.2) is 0 Å². The molecule has 4 aromatic carbocycles. The van der Waals surface area contributed by atoms with Gasteiger partial charge in [0.05, 0.1) is 5.41 Å². The minimum absolute atomic E-state index is 0.0838. The molecule has 0 aliphatic carbocycles. The molecule has 1 unspecified atom stereocenters. The summed E-state index contributed by atoms with van der Waals surface area (Å²) in [4.78, 5) is 41.4. The van der Waals surface area contributed by atoms with E-state index in [1.807, 2.05) is 78.9 Å². The molecule has 1 atom stereocenters. The van der Waals surface area contributed by atoms with Gasteiger partial charge in [0.1, 0.15) is 0 Å². The molecular weight excluding hydrogens is 486 g/mol. The van der Waals surface area contributed by atoms with E-state index in [2.05, 4.69) is 10.6 Å². The van der Waals surface area contributed by atoms with Crippen LogP contribution in [0.1, 0.15) is 39.1 Å². The third-order valence-electron chi connectivity index (χ3n) is 7.89. The zero-order valence-corrected chi connectivity index (χ0v) is 21.5. The number of anilines is 2. The molecule has 194 valence electrons.